The summed E-state index contributed by atoms with van der Waals surface area (Å²) >= 11 is 0. The predicted molar refractivity (Wildman–Crippen MR) is 238 cm³/mol. The van der Waals surface area contributed by atoms with Crippen molar-refractivity contribution < 1.29 is 37.0 Å². The van der Waals surface area contributed by atoms with E-state index in [1.54, 1.807) is 48.7 Å². The number of anilines is 5. The van der Waals surface area contributed by atoms with Gasteiger partial charge in [0.15, 0.2) is 5.75 Å². The zero-order valence-corrected chi connectivity index (χ0v) is 36.5. The number of benzene rings is 4. The highest BCUT2D eigenvalue weighted by molar-refractivity contribution is 7.92. The summed E-state index contributed by atoms with van der Waals surface area (Å²) < 4.78 is 50.0. The molecule has 1 aliphatic rings. The zero-order chi connectivity index (χ0) is 43.9. The minimum atomic E-state index is -3.65. The van der Waals surface area contributed by atoms with E-state index in [1.807, 2.05) is 45.0 Å². The molecule has 0 radical (unpaired) electrons. The first-order valence-electron chi connectivity index (χ1n) is 19.6. The molecule has 0 spiro atoms. The van der Waals surface area contributed by atoms with Crippen molar-refractivity contribution in [2.45, 2.75) is 26.2 Å². The normalized spacial score (nSPS) is 13.6. The first-order valence-corrected chi connectivity index (χ1v) is 21.5. The molecule has 6 rings (SSSR count). The fraction of sp³-hybridized carbons (Fsp3) is 0.349. The molecule has 1 saturated heterocycles. The topological polar surface area (TPSA) is 198 Å². The van der Waals surface area contributed by atoms with Crippen molar-refractivity contribution in [1.82, 2.24) is 25.1 Å². The number of piperazine rings is 1. The van der Waals surface area contributed by atoms with Gasteiger partial charge in [0.1, 0.15) is 22.8 Å². The van der Waals surface area contributed by atoms with Crippen LogP contribution < -0.4 is 44.9 Å². The summed E-state index contributed by atoms with van der Waals surface area (Å²) in [7, 11) is 2.83. The van der Waals surface area contributed by atoms with Gasteiger partial charge in [0, 0.05) is 80.1 Å². The Bertz CT molecular complexity index is 2480. The SMILES string of the molecule is COc1cc(Nc2nccc(Oc3ccc(NC(=O)Nc4cc(C(C)(C)C)cc(NS(C)(=O)=O)c4OC)c4ccccc34)n2)cc(OC)c1C(=O)NCCN1CCN(C)CC1. The lowest BCUT2D eigenvalue weighted by Gasteiger charge is -2.32. The first-order chi connectivity index (χ1) is 29.0. The van der Waals surface area contributed by atoms with E-state index in [2.05, 4.69) is 52.8 Å². The fourth-order valence-electron chi connectivity index (χ4n) is 6.79. The summed E-state index contributed by atoms with van der Waals surface area (Å²) in [6.07, 6.45) is 2.59. The average molecular weight is 856 g/mol. The maximum Gasteiger partial charge on any atom is 0.323 e. The summed E-state index contributed by atoms with van der Waals surface area (Å²) in [4.78, 5) is 40.4. The molecule has 0 bridgehead atoms. The summed E-state index contributed by atoms with van der Waals surface area (Å²) in [6.45, 7) is 11.1. The highest BCUT2D eigenvalue weighted by Crippen LogP contribution is 2.40. The van der Waals surface area contributed by atoms with Crippen molar-refractivity contribution >= 4 is 61.4 Å². The Morgan fingerprint density at radius 1 is 0.803 bits per heavy atom. The second-order valence-corrected chi connectivity index (χ2v) is 17.3. The monoisotopic (exact) mass is 855 g/mol. The lowest BCUT2D eigenvalue weighted by Crippen LogP contribution is -2.46. The van der Waals surface area contributed by atoms with Gasteiger partial charge in [-0.15, -0.1) is 0 Å². The molecule has 4 aromatic carbocycles. The molecule has 1 aromatic heterocycles. The molecular formula is C43H53N9O8S. The number of nitrogens with one attached hydrogen (secondary N) is 5. The Balaban J connectivity index is 1.17. The van der Waals surface area contributed by atoms with Crippen LogP contribution in [0.1, 0.15) is 36.7 Å². The molecule has 1 aliphatic heterocycles. The largest absolute Gasteiger partial charge is 0.496 e. The van der Waals surface area contributed by atoms with E-state index in [-0.39, 0.29) is 45.8 Å². The molecule has 3 amide bonds. The van der Waals surface area contributed by atoms with Crippen LogP contribution in [0.4, 0.5) is 33.5 Å². The molecule has 0 atom stereocenters. The Hall–Kier alpha value is -6.37. The van der Waals surface area contributed by atoms with E-state index in [9.17, 15) is 18.0 Å². The first kappa shape index (κ1) is 44.2. The number of hydrogen-bond donors (Lipinski definition) is 5. The summed E-state index contributed by atoms with van der Waals surface area (Å²) in [5.41, 5.74) is 2.16. The number of likely N-dealkylation sites (N-methyl/N-ethyl adjacent to an activating group) is 1. The minimum absolute atomic E-state index is 0.158. The van der Waals surface area contributed by atoms with E-state index in [1.165, 1.54) is 21.3 Å². The molecule has 2 heterocycles. The maximum atomic E-state index is 13.5. The van der Waals surface area contributed by atoms with Gasteiger partial charge in [-0.25, -0.2) is 18.2 Å². The van der Waals surface area contributed by atoms with Gasteiger partial charge in [-0.2, -0.15) is 4.98 Å². The number of hydrogen-bond acceptors (Lipinski definition) is 13. The van der Waals surface area contributed by atoms with Gasteiger partial charge in [0.05, 0.1) is 44.6 Å². The number of aromatic nitrogens is 2. The molecule has 5 aromatic rings. The van der Waals surface area contributed by atoms with Gasteiger partial charge < -0.3 is 45.1 Å². The number of carbonyl (C=O) groups excluding carboxylic acids is 2. The standard InChI is InChI=1S/C43H53N9O8S/c1-43(2,3)27-23-32(39(59-7)33(24-27)50-61(8,55)56)48-42(54)47-31-13-14-34(30-12-10-9-11-29(30)31)60-37-15-16-45-41(49-37)46-28-25-35(57-5)38(36(26-28)58-6)40(53)44-17-18-52-21-19-51(4)20-22-52/h9-16,23-26,50H,17-22H2,1-8H3,(H,44,53)(H,45,46,49)(H2,47,48,54). The number of urea groups is 1. The van der Waals surface area contributed by atoms with Gasteiger partial charge in [0.2, 0.25) is 21.9 Å². The van der Waals surface area contributed by atoms with Crippen LogP contribution in [0, 0.1) is 0 Å². The van der Waals surface area contributed by atoms with Crippen LogP contribution in [-0.4, -0.2) is 114 Å². The van der Waals surface area contributed by atoms with Gasteiger partial charge in [-0.3, -0.25) is 14.4 Å². The summed E-state index contributed by atoms with van der Waals surface area (Å²) in [5, 5.41) is 13.3. The molecule has 18 heteroatoms. The van der Waals surface area contributed by atoms with Crippen LogP contribution in [0.5, 0.6) is 28.9 Å². The summed E-state index contributed by atoms with van der Waals surface area (Å²) in [6, 6.07) is 18.6. The molecule has 0 saturated carbocycles. The van der Waals surface area contributed by atoms with Crippen molar-refractivity contribution in [3.8, 4) is 28.9 Å². The van der Waals surface area contributed by atoms with E-state index >= 15 is 0 Å². The summed E-state index contributed by atoms with van der Waals surface area (Å²) in [5.74, 6) is 1.39. The molecular weight excluding hydrogens is 803 g/mol. The average Bonchev–Trinajstić information content (AvgIpc) is 3.21. The van der Waals surface area contributed by atoms with Gasteiger partial charge in [-0.05, 0) is 42.3 Å². The lowest BCUT2D eigenvalue weighted by atomic mass is 9.86. The highest BCUT2D eigenvalue weighted by Gasteiger charge is 2.24. The van der Waals surface area contributed by atoms with Crippen molar-refractivity contribution in [1.29, 1.82) is 0 Å². The van der Waals surface area contributed by atoms with Crippen molar-refractivity contribution in [3.05, 3.63) is 84.1 Å². The molecule has 1 fully saturated rings. The van der Waals surface area contributed by atoms with Crippen LogP contribution in [0.15, 0.2) is 72.9 Å². The van der Waals surface area contributed by atoms with E-state index in [4.69, 9.17) is 18.9 Å². The van der Waals surface area contributed by atoms with Crippen LogP contribution in [0.3, 0.4) is 0 Å². The Morgan fingerprint density at radius 3 is 2.10 bits per heavy atom. The smallest absolute Gasteiger partial charge is 0.323 e. The number of fused-ring (bicyclic) bond motifs is 1. The third-order valence-electron chi connectivity index (χ3n) is 9.98. The van der Waals surface area contributed by atoms with Crippen molar-refractivity contribution in [3.63, 3.8) is 0 Å². The second kappa shape index (κ2) is 18.9. The number of amides is 3. The molecule has 5 N–H and O–H groups in total. The maximum absolute atomic E-state index is 13.5. The van der Waals surface area contributed by atoms with Crippen molar-refractivity contribution in [2.24, 2.45) is 0 Å². The van der Waals surface area contributed by atoms with Crippen LogP contribution in [0.25, 0.3) is 10.8 Å². The Morgan fingerprint density at radius 2 is 1.46 bits per heavy atom. The lowest BCUT2D eigenvalue weighted by molar-refractivity contribution is 0.0934. The second-order valence-electron chi connectivity index (χ2n) is 15.6. The molecule has 61 heavy (non-hydrogen) atoms. The van der Waals surface area contributed by atoms with Crippen LogP contribution >= 0.6 is 0 Å². The highest BCUT2D eigenvalue weighted by atomic mass is 32.2. The fourth-order valence-corrected chi connectivity index (χ4v) is 7.34. The predicted octanol–water partition coefficient (Wildman–Crippen LogP) is 6.48. The third-order valence-corrected chi connectivity index (χ3v) is 10.6. The van der Waals surface area contributed by atoms with Gasteiger partial charge in [0.25, 0.3) is 5.91 Å². The number of rotatable bonds is 15. The number of carbonyl (C=O) groups is 2. The number of ether oxygens (including phenoxy) is 4. The van der Waals surface area contributed by atoms with E-state index < -0.39 is 16.1 Å². The van der Waals surface area contributed by atoms with Gasteiger partial charge in [-0.1, -0.05) is 45.0 Å². The molecule has 0 aliphatic carbocycles. The van der Waals surface area contributed by atoms with Crippen molar-refractivity contribution in [2.75, 3.05) is 94.6 Å². The Labute approximate surface area is 356 Å². The quantitative estimate of drug-likeness (QED) is 0.0768. The van der Waals surface area contributed by atoms with E-state index in [0.29, 0.717) is 45.9 Å². The number of nitrogens with zero attached hydrogens (tertiary/aromatic N) is 4. The minimum Gasteiger partial charge on any atom is -0.496 e. The van der Waals surface area contributed by atoms with Crippen LogP contribution in [0.2, 0.25) is 0 Å². The number of sulfonamides is 1. The van der Waals surface area contributed by atoms with Crippen LogP contribution in [-0.2, 0) is 15.4 Å². The molecule has 17 nitrogen and oxygen atoms in total. The number of methoxy groups -OCH3 is 3. The zero-order valence-electron chi connectivity index (χ0n) is 35.6. The van der Waals surface area contributed by atoms with E-state index in [0.717, 1.165) is 44.5 Å². The molecule has 324 valence electrons. The molecule has 0 unspecified atom stereocenters. The third kappa shape index (κ3) is 11.3. The Kier molecular flexibility index (Phi) is 13.7. The van der Waals surface area contributed by atoms with Gasteiger partial charge >= 0.3 is 6.03 Å².